The highest BCUT2D eigenvalue weighted by molar-refractivity contribution is 5.60. The Kier molecular flexibility index (Phi) is 3.48. The van der Waals surface area contributed by atoms with E-state index in [1.165, 1.54) is 6.42 Å². The summed E-state index contributed by atoms with van der Waals surface area (Å²) >= 11 is 0. The molecule has 1 saturated carbocycles. The Labute approximate surface area is 80.3 Å². The predicted octanol–water partition coefficient (Wildman–Crippen LogP) is 2.01. The molecule has 0 heterocycles. The summed E-state index contributed by atoms with van der Waals surface area (Å²) in [6, 6.07) is 0. The molecule has 76 valence electrons. The van der Waals surface area contributed by atoms with Crippen molar-refractivity contribution in [2.45, 2.75) is 39.5 Å². The molecule has 0 aromatic carbocycles. The second-order valence-electron chi connectivity index (χ2n) is 4.64. The SMILES string of the molecule is CC1CCCC(C=O)(C(C)CO)C1. The summed E-state index contributed by atoms with van der Waals surface area (Å²) < 4.78 is 0. The fourth-order valence-electron chi connectivity index (χ4n) is 2.49. The van der Waals surface area contributed by atoms with Crippen LogP contribution in [0.15, 0.2) is 0 Å². The number of carbonyl (C=O) groups is 1. The molecule has 0 aromatic heterocycles. The second kappa shape index (κ2) is 4.23. The summed E-state index contributed by atoms with van der Waals surface area (Å²) in [6.45, 7) is 4.30. The van der Waals surface area contributed by atoms with Crippen molar-refractivity contribution < 1.29 is 9.90 Å². The van der Waals surface area contributed by atoms with Crippen molar-refractivity contribution in [3.63, 3.8) is 0 Å². The third-order valence-electron chi connectivity index (χ3n) is 3.56. The van der Waals surface area contributed by atoms with Crippen molar-refractivity contribution in [1.82, 2.24) is 0 Å². The normalized spacial score (nSPS) is 37.0. The van der Waals surface area contributed by atoms with Crippen molar-refractivity contribution in [1.29, 1.82) is 0 Å². The van der Waals surface area contributed by atoms with Gasteiger partial charge in [0.2, 0.25) is 0 Å². The van der Waals surface area contributed by atoms with Gasteiger partial charge in [-0.1, -0.05) is 26.7 Å². The fourth-order valence-corrected chi connectivity index (χ4v) is 2.49. The minimum Gasteiger partial charge on any atom is -0.396 e. The Bertz CT molecular complexity index is 179. The molecule has 0 aromatic rings. The van der Waals surface area contributed by atoms with Gasteiger partial charge in [-0.05, 0) is 24.7 Å². The smallest absolute Gasteiger partial charge is 0.126 e. The first-order valence-corrected chi connectivity index (χ1v) is 5.22. The Hall–Kier alpha value is -0.370. The van der Waals surface area contributed by atoms with E-state index in [0.717, 1.165) is 25.5 Å². The maximum absolute atomic E-state index is 11.1. The molecule has 2 nitrogen and oxygen atoms in total. The van der Waals surface area contributed by atoms with Crippen molar-refractivity contribution in [3.05, 3.63) is 0 Å². The minimum absolute atomic E-state index is 0.118. The van der Waals surface area contributed by atoms with Crippen molar-refractivity contribution in [3.8, 4) is 0 Å². The lowest BCUT2D eigenvalue weighted by molar-refractivity contribution is -0.123. The Balaban J connectivity index is 2.72. The van der Waals surface area contributed by atoms with Crippen LogP contribution in [0.2, 0.25) is 0 Å². The predicted molar refractivity (Wildman–Crippen MR) is 52.4 cm³/mol. The standard InChI is InChI=1S/C11H20O2/c1-9-4-3-5-11(6-9,8-13)10(2)7-12/h8-10,12H,3-7H2,1-2H3. The molecule has 0 bridgehead atoms. The summed E-state index contributed by atoms with van der Waals surface area (Å²) in [4.78, 5) is 11.1. The average Bonchev–Trinajstić information content (AvgIpc) is 2.16. The molecule has 1 aliphatic carbocycles. The summed E-state index contributed by atoms with van der Waals surface area (Å²) in [5.74, 6) is 0.751. The first kappa shape index (κ1) is 10.7. The molecule has 0 spiro atoms. The zero-order valence-corrected chi connectivity index (χ0v) is 8.62. The highest BCUT2D eigenvalue weighted by Crippen LogP contribution is 2.42. The maximum Gasteiger partial charge on any atom is 0.126 e. The Morgan fingerprint density at radius 3 is 2.85 bits per heavy atom. The lowest BCUT2D eigenvalue weighted by atomic mass is 9.65. The van der Waals surface area contributed by atoms with Crippen LogP contribution in [0.5, 0.6) is 0 Å². The van der Waals surface area contributed by atoms with Gasteiger partial charge >= 0.3 is 0 Å². The van der Waals surface area contributed by atoms with Crippen LogP contribution < -0.4 is 0 Å². The molecule has 0 aliphatic heterocycles. The van der Waals surface area contributed by atoms with E-state index >= 15 is 0 Å². The van der Waals surface area contributed by atoms with Crippen LogP contribution in [-0.2, 0) is 4.79 Å². The van der Waals surface area contributed by atoms with Crippen LogP contribution in [0.25, 0.3) is 0 Å². The Morgan fingerprint density at radius 1 is 1.69 bits per heavy atom. The van der Waals surface area contributed by atoms with Gasteiger partial charge in [-0.25, -0.2) is 0 Å². The lowest BCUT2D eigenvalue weighted by Crippen LogP contribution is -2.37. The first-order chi connectivity index (χ1) is 6.14. The third-order valence-corrected chi connectivity index (χ3v) is 3.56. The molecule has 1 fully saturated rings. The number of aliphatic hydroxyl groups is 1. The summed E-state index contributed by atoms with van der Waals surface area (Å²) in [7, 11) is 0. The van der Waals surface area contributed by atoms with E-state index in [0.29, 0.717) is 5.92 Å². The van der Waals surface area contributed by atoms with Crippen LogP contribution in [0.3, 0.4) is 0 Å². The van der Waals surface area contributed by atoms with Crippen molar-refractivity contribution >= 4 is 6.29 Å². The van der Waals surface area contributed by atoms with Crippen LogP contribution in [0.1, 0.15) is 39.5 Å². The van der Waals surface area contributed by atoms with Gasteiger partial charge in [0.1, 0.15) is 6.29 Å². The van der Waals surface area contributed by atoms with Gasteiger partial charge in [0.05, 0.1) is 0 Å². The molecule has 2 heteroatoms. The van der Waals surface area contributed by atoms with E-state index < -0.39 is 0 Å². The molecule has 1 rings (SSSR count). The van der Waals surface area contributed by atoms with Gasteiger partial charge in [0.15, 0.2) is 0 Å². The largest absolute Gasteiger partial charge is 0.396 e. The number of aliphatic hydroxyl groups excluding tert-OH is 1. The van der Waals surface area contributed by atoms with E-state index in [1.54, 1.807) is 0 Å². The Morgan fingerprint density at radius 2 is 2.38 bits per heavy atom. The van der Waals surface area contributed by atoms with Gasteiger partial charge in [-0.2, -0.15) is 0 Å². The molecular formula is C11H20O2. The average molecular weight is 184 g/mol. The highest BCUT2D eigenvalue weighted by Gasteiger charge is 2.39. The minimum atomic E-state index is -0.230. The second-order valence-corrected chi connectivity index (χ2v) is 4.64. The fraction of sp³-hybridized carbons (Fsp3) is 0.909. The van der Waals surface area contributed by atoms with E-state index in [2.05, 4.69) is 6.92 Å². The number of hydrogen-bond donors (Lipinski definition) is 1. The monoisotopic (exact) mass is 184 g/mol. The number of rotatable bonds is 3. The maximum atomic E-state index is 11.1. The molecule has 0 radical (unpaired) electrons. The molecule has 0 amide bonds. The number of carbonyl (C=O) groups excluding carboxylic acids is 1. The van der Waals surface area contributed by atoms with E-state index in [-0.39, 0.29) is 17.9 Å². The summed E-state index contributed by atoms with van der Waals surface area (Å²) in [5, 5.41) is 9.11. The summed E-state index contributed by atoms with van der Waals surface area (Å²) in [5.41, 5.74) is -0.230. The van der Waals surface area contributed by atoms with E-state index in [1.807, 2.05) is 6.92 Å². The van der Waals surface area contributed by atoms with Crippen LogP contribution in [0.4, 0.5) is 0 Å². The highest BCUT2D eigenvalue weighted by atomic mass is 16.3. The van der Waals surface area contributed by atoms with Gasteiger partial charge in [-0.3, -0.25) is 0 Å². The van der Waals surface area contributed by atoms with Crippen LogP contribution >= 0.6 is 0 Å². The van der Waals surface area contributed by atoms with Crippen LogP contribution in [-0.4, -0.2) is 18.0 Å². The molecule has 3 atom stereocenters. The number of aldehydes is 1. The molecule has 1 N–H and O–H groups in total. The molecule has 1 aliphatic rings. The zero-order chi connectivity index (χ0) is 9.90. The molecular weight excluding hydrogens is 164 g/mol. The molecule has 0 saturated heterocycles. The first-order valence-electron chi connectivity index (χ1n) is 5.22. The van der Waals surface area contributed by atoms with Gasteiger partial charge < -0.3 is 9.90 Å². The van der Waals surface area contributed by atoms with E-state index in [4.69, 9.17) is 5.11 Å². The molecule has 3 unspecified atom stereocenters. The van der Waals surface area contributed by atoms with Crippen molar-refractivity contribution in [2.24, 2.45) is 17.3 Å². The van der Waals surface area contributed by atoms with Gasteiger partial charge in [0, 0.05) is 12.0 Å². The van der Waals surface area contributed by atoms with E-state index in [9.17, 15) is 4.79 Å². The van der Waals surface area contributed by atoms with Gasteiger partial charge in [0.25, 0.3) is 0 Å². The third kappa shape index (κ3) is 2.11. The zero-order valence-electron chi connectivity index (χ0n) is 8.62. The topological polar surface area (TPSA) is 37.3 Å². The summed E-state index contributed by atoms with van der Waals surface area (Å²) in [6.07, 6.45) is 5.36. The quantitative estimate of drug-likeness (QED) is 0.681. The number of hydrogen-bond acceptors (Lipinski definition) is 2. The molecule has 13 heavy (non-hydrogen) atoms. The van der Waals surface area contributed by atoms with Gasteiger partial charge in [-0.15, -0.1) is 0 Å². The lowest BCUT2D eigenvalue weighted by Gasteiger charge is -2.39. The van der Waals surface area contributed by atoms with Crippen molar-refractivity contribution in [2.75, 3.05) is 6.61 Å². The van der Waals surface area contributed by atoms with Crippen LogP contribution in [0, 0.1) is 17.3 Å².